The van der Waals surface area contributed by atoms with Gasteiger partial charge in [0.05, 0.1) is 6.61 Å². The van der Waals surface area contributed by atoms with Crippen LogP contribution in [0.25, 0.3) is 0 Å². The van der Waals surface area contributed by atoms with Crippen LogP contribution >= 0.6 is 0 Å². The Labute approximate surface area is 336 Å². The van der Waals surface area contributed by atoms with Gasteiger partial charge in [-0.3, -0.25) is 14.1 Å². The fourth-order valence-electron chi connectivity index (χ4n) is 5.84. The number of rotatable bonds is 33. The lowest BCUT2D eigenvalue weighted by Gasteiger charge is -2.40. The highest BCUT2D eigenvalue weighted by Gasteiger charge is 2.46. The summed E-state index contributed by atoms with van der Waals surface area (Å²) in [6.07, 6.45) is 29.9. The molecule has 322 valence electrons. The highest BCUT2D eigenvalue weighted by Crippen LogP contribution is 2.24. The molecule has 0 saturated carbocycles. The maximum Gasteiger partial charge on any atom is 0.306 e. The zero-order valence-corrected chi connectivity index (χ0v) is 34.8. The Kier molecular flexibility index (Phi) is 30.6. The van der Waals surface area contributed by atoms with Crippen LogP contribution < -0.4 is 0 Å². The minimum atomic E-state index is -4.61. The van der Waals surface area contributed by atoms with Crippen molar-refractivity contribution in [2.75, 3.05) is 19.0 Å². The highest BCUT2D eigenvalue weighted by molar-refractivity contribution is 7.85. The van der Waals surface area contributed by atoms with Gasteiger partial charge in [0.2, 0.25) is 0 Å². The van der Waals surface area contributed by atoms with Gasteiger partial charge in [0, 0.05) is 12.8 Å². The minimum absolute atomic E-state index is 0.108. The molecule has 0 aromatic heterocycles. The Morgan fingerprint density at radius 3 is 1.73 bits per heavy atom. The summed E-state index contributed by atoms with van der Waals surface area (Å²) in [6, 6.07) is 0. The summed E-state index contributed by atoms with van der Waals surface area (Å²) in [7, 11) is -4.61. The van der Waals surface area contributed by atoms with Crippen molar-refractivity contribution in [2.24, 2.45) is 0 Å². The topological polar surface area (TPSA) is 186 Å². The molecule has 1 aliphatic heterocycles. The Bertz CT molecular complexity index is 1280. The van der Waals surface area contributed by atoms with Gasteiger partial charge in [-0.1, -0.05) is 113 Å². The fraction of sp³-hybridized carbons (Fsp3) is 0.721. The van der Waals surface area contributed by atoms with E-state index in [1.54, 1.807) is 0 Å². The van der Waals surface area contributed by atoms with Crippen molar-refractivity contribution in [3.8, 4) is 0 Å². The molecule has 13 heteroatoms. The number of aliphatic hydroxyl groups is 3. The summed E-state index contributed by atoms with van der Waals surface area (Å²) in [5.74, 6) is -2.06. The second-order valence-electron chi connectivity index (χ2n) is 14.3. The molecule has 56 heavy (non-hydrogen) atoms. The Hall–Kier alpha value is -2.65. The van der Waals surface area contributed by atoms with Crippen molar-refractivity contribution >= 4 is 22.1 Å². The second-order valence-corrected chi connectivity index (χ2v) is 15.8. The van der Waals surface area contributed by atoms with Crippen molar-refractivity contribution in [2.45, 2.75) is 179 Å². The maximum absolute atomic E-state index is 12.8. The Morgan fingerprint density at radius 2 is 1.12 bits per heavy atom. The van der Waals surface area contributed by atoms with Crippen LogP contribution in [0, 0.1) is 0 Å². The van der Waals surface area contributed by atoms with Gasteiger partial charge >= 0.3 is 11.9 Å². The lowest BCUT2D eigenvalue weighted by Crippen LogP contribution is -2.60. The summed E-state index contributed by atoms with van der Waals surface area (Å²) in [5, 5.41) is 30.8. The molecule has 0 aliphatic carbocycles. The summed E-state index contributed by atoms with van der Waals surface area (Å²) < 4.78 is 53.9. The predicted molar refractivity (Wildman–Crippen MR) is 219 cm³/mol. The van der Waals surface area contributed by atoms with Crippen LogP contribution in [-0.2, 0) is 38.7 Å². The number of hydrogen-bond acceptors (Lipinski definition) is 11. The average Bonchev–Trinajstić information content (AvgIpc) is 3.16. The molecular formula is C43H72O12S. The first-order chi connectivity index (χ1) is 27.0. The van der Waals surface area contributed by atoms with Gasteiger partial charge in [-0.25, -0.2) is 0 Å². The van der Waals surface area contributed by atoms with E-state index in [4.69, 9.17) is 18.9 Å². The number of allylic oxidation sites excluding steroid dienone is 10. The van der Waals surface area contributed by atoms with Crippen molar-refractivity contribution in [3.63, 3.8) is 0 Å². The van der Waals surface area contributed by atoms with E-state index in [0.29, 0.717) is 12.8 Å². The normalized spacial score (nSPS) is 21.3. The summed E-state index contributed by atoms with van der Waals surface area (Å²) in [4.78, 5) is 25.3. The van der Waals surface area contributed by atoms with E-state index in [2.05, 4.69) is 74.6 Å². The maximum atomic E-state index is 12.8. The van der Waals surface area contributed by atoms with Gasteiger partial charge in [-0.15, -0.1) is 0 Å². The van der Waals surface area contributed by atoms with Gasteiger partial charge in [-0.2, -0.15) is 8.42 Å². The van der Waals surface area contributed by atoms with E-state index in [0.717, 1.165) is 77.0 Å². The standard InChI is InChI=1S/C43H72O12S/c1-3-5-7-9-11-13-15-17-18-20-22-24-26-28-30-32-39(45)54-36(34-53-43-42(48)41(47)40(46)37(55-43)35-56(49,50)51)33-52-38(44)31-29-27-25-23-21-19-16-14-12-10-8-6-4-2/h5,7,11,13-14,16-18,22,24,36-37,40-43,46-48H,3-4,6,8-10,12,15,19-21,23,25-35H2,1-2H3,(H,49,50,51)/b7-5+,13-11+,16-14+,18-17+,24-22+/t36-,37-,40-,41?,42?,43+/m1/s1. The van der Waals surface area contributed by atoms with E-state index in [1.165, 1.54) is 25.7 Å². The fourth-order valence-corrected chi connectivity index (χ4v) is 6.53. The number of unbranched alkanes of at least 4 members (excludes halogenated alkanes) is 11. The molecule has 4 N–H and O–H groups in total. The van der Waals surface area contributed by atoms with Crippen LogP contribution in [0.5, 0.6) is 0 Å². The van der Waals surface area contributed by atoms with E-state index >= 15 is 0 Å². The summed E-state index contributed by atoms with van der Waals surface area (Å²) >= 11 is 0. The molecule has 1 rings (SSSR count). The number of aliphatic hydroxyl groups excluding tert-OH is 3. The van der Waals surface area contributed by atoms with Crippen LogP contribution in [0.1, 0.15) is 142 Å². The lowest BCUT2D eigenvalue weighted by atomic mass is 10.00. The molecule has 0 bridgehead atoms. The van der Waals surface area contributed by atoms with E-state index in [-0.39, 0.29) is 19.4 Å². The molecular weight excluding hydrogens is 741 g/mol. The molecule has 1 heterocycles. The third-order valence-electron chi connectivity index (χ3n) is 9.08. The van der Waals surface area contributed by atoms with Crippen molar-refractivity contribution < 1.29 is 56.8 Å². The van der Waals surface area contributed by atoms with Gasteiger partial charge in [0.15, 0.2) is 12.4 Å². The van der Waals surface area contributed by atoms with E-state index in [9.17, 15) is 37.9 Å². The van der Waals surface area contributed by atoms with Crippen molar-refractivity contribution in [1.29, 1.82) is 0 Å². The first-order valence-electron chi connectivity index (χ1n) is 20.8. The zero-order chi connectivity index (χ0) is 41.3. The minimum Gasteiger partial charge on any atom is -0.462 e. The second kappa shape index (κ2) is 33.3. The first kappa shape index (κ1) is 51.4. The zero-order valence-electron chi connectivity index (χ0n) is 34.0. The highest BCUT2D eigenvalue weighted by atomic mass is 32.2. The van der Waals surface area contributed by atoms with Crippen molar-refractivity contribution in [3.05, 3.63) is 60.8 Å². The summed E-state index contributed by atoms with van der Waals surface area (Å²) in [6.45, 7) is 3.56. The molecule has 12 nitrogen and oxygen atoms in total. The SMILES string of the molecule is CC/C=C/C/C=C/C/C=C/C/C=C/CCCCC(=O)O[C@H](COC(=O)CCCCCCC/C=C/CCCCCC)CO[C@H]1O[C@H](CS(=O)(=O)O)[C@@H](O)C(O)C1O. The molecule has 0 aromatic rings. The molecule has 6 atom stereocenters. The van der Waals surface area contributed by atoms with Gasteiger partial charge in [-0.05, 0) is 77.0 Å². The van der Waals surface area contributed by atoms with Crippen LogP contribution in [0.15, 0.2) is 60.8 Å². The van der Waals surface area contributed by atoms with Crippen LogP contribution in [0.3, 0.4) is 0 Å². The number of carbonyl (C=O) groups is 2. The molecule has 1 aliphatic rings. The number of esters is 2. The molecule has 1 saturated heterocycles. The van der Waals surface area contributed by atoms with Gasteiger partial charge < -0.3 is 34.3 Å². The quantitative estimate of drug-likeness (QED) is 0.0219. The smallest absolute Gasteiger partial charge is 0.306 e. The molecule has 0 spiro atoms. The van der Waals surface area contributed by atoms with E-state index < -0.39 is 71.2 Å². The predicted octanol–water partition coefficient (Wildman–Crippen LogP) is 7.78. The number of carbonyl (C=O) groups excluding carboxylic acids is 2. The first-order valence-corrected chi connectivity index (χ1v) is 22.5. The Balaban J connectivity index is 2.54. The molecule has 0 radical (unpaired) electrons. The molecule has 1 fully saturated rings. The summed E-state index contributed by atoms with van der Waals surface area (Å²) in [5.41, 5.74) is 0. The average molecular weight is 813 g/mol. The van der Waals surface area contributed by atoms with Crippen LogP contribution in [0.4, 0.5) is 0 Å². The lowest BCUT2D eigenvalue weighted by molar-refractivity contribution is -0.297. The van der Waals surface area contributed by atoms with E-state index in [1.807, 2.05) is 0 Å². The molecule has 0 aromatic carbocycles. The third kappa shape index (κ3) is 27.9. The largest absolute Gasteiger partial charge is 0.462 e. The van der Waals surface area contributed by atoms with Gasteiger partial charge in [0.25, 0.3) is 10.1 Å². The van der Waals surface area contributed by atoms with Crippen LogP contribution in [-0.4, -0.2) is 96.0 Å². The Morgan fingerprint density at radius 1 is 0.625 bits per heavy atom. The third-order valence-corrected chi connectivity index (χ3v) is 9.83. The number of ether oxygens (including phenoxy) is 4. The monoisotopic (exact) mass is 812 g/mol. The number of hydrogen-bond donors (Lipinski definition) is 4. The van der Waals surface area contributed by atoms with Gasteiger partial charge in [0.1, 0.15) is 36.8 Å². The van der Waals surface area contributed by atoms with Crippen molar-refractivity contribution in [1.82, 2.24) is 0 Å². The van der Waals surface area contributed by atoms with Crippen LogP contribution in [0.2, 0.25) is 0 Å². The molecule has 0 amide bonds. The molecule has 2 unspecified atom stereocenters.